The summed E-state index contributed by atoms with van der Waals surface area (Å²) >= 11 is 0. The van der Waals surface area contributed by atoms with Crippen molar-refractivity contribution in [3.05, 3.63) is 90.5 Å². The minimum absolute atomic E-state index is 0.0754. The fourth-order valence-corrected chi connectivity index (χ4v) is 4.08. The average Bonchev–Trinajstić information content (AvgIpc) is 2.89. The third-order valence-electron chi connectivity index (χ3n) is 5.82. The number of carbonyl (C=O) groups excluding carboxylic acids is 1. The Hall–Kier alpha value is -3.86. The molecule has 0 spiro atoms. The van der Waals surface area contributed by atoms with Gasteiger partial charge in [-0.1, -0.05) is 36.4 Å². The largest absolute Gasteiger partial charge is 0.494 e. The summed E-state index contributed by atoms with van der Waals surface area (Å²) in [5, 5.41) is 3.97. The van der Waals surface area contributed by atoms with Crippen molar-refractivity contribution in [2.45, 2.75) is 20.3 Å². The number of rotatable bonds is 10. The van der Waals surface area contributed by atoms with E-state index in [0.717, 1.165) is 47.4 Å². The number of nitrogens with one attached hydrogen (secondary N) is 1. The normalized spacial score (nSPS) is 10.8. The van der Waals surface area contributed by atoms with Crippen molar-refractivity contribution >= 4 is 22.5 Å². The lowest BCUT2D eigenvalue weighted by Crippen LogP contribution is -2.30. The van der Waals surface area contributed by atoms with E-state index in [1.165, 1.54) is 5.69 Å². The van der Waals surface area contributed by atoms with E-state index in [1.807, 2.05) is 67.6 Å². The van der Waals surface area contributed by atoms with Crippen LogP contribution in [-0.2, 0) is 0 Å². The van der Waals surface area contributed by atoms with Crippen molar-refractivity contribution in [2.24, 2.45) is 0 Å². The first-order valence-electron chi connectivity index (χ1n) is 11.9. The quantitative estimate of drug-likeness (QED) is 0.302. The van der Waals surface area contributed by atoms with Crippen LogP contribution < -0.4 is 15.0 Å². The fourth-order valence-electron chi connectivity index (χ4n) is 4.08. The maximum Gasteiger partial charge on any atom is 0.252 e. The van der Waals surface area contributed by atoms with E-state index in [-0.39, 0.29) is 5.91 Å². The van der Waals surface area contributed by atoms with Gasteiger partial charge in [-0.25, -0.2) is 4.98 Å². The highest BCUT2D eigenvalue weighted by Crippen LogP contribution is 2.26. The molecule has 0 aliphatic carbocycles. The number of ether oxygens (including phenoxy) is 1. The molecule has 1 aromatic heterocycles. The van der Waals surface area contributed by atoms with Gasteiger partial charge in [-0.15, -0.1) is 0 Å². The molecule has 0 aliphatic heterocycles. The van der Waals surface area contributed by atoms with Crippen LogP contribution in [0.15, 0.2) is 84.9 Å². The zero-order valence-corrected chi connectivity index (χ0v) is 19.8. The molecule has 0 bridgehead atoms. The lowest BCUT2D eigenvalue weighted by atomic mass is 10.0. The van der Waals surface area contributed by atoms with Gasteiger partial charge in [0.25, 0.3) is 5.91 Å². The maximum atomic E-state index is 13.2. The molecule has 1 amide bonds. The summed E-state index contributed by atoms with van der Waals surface area (Å²) in [5.41, 5.74) is 4.37. The van der Waals surface area contributed by atoms with Gasteiger partial charge in [0.15, 0.2) is 0 Å². The van der Waals surface area contributed by atoms with E-state index in [4.69, 9.17) is 9.72 Å². The molecule has 1 N–H and O–H groups in total. The Labute approximate surface area is 201 Å². The van der Waals surface area contributed by atoms with Gasteiger partial charge in [-0.2, -0.15) is 0 Å². The average molecular weight is 454 g/mol. The monoisotopic (exact) mass is 453 g/mol. The summed E-state index contributed by atoms with van der Waals surface area (Å²) in [5.74, 6) is 0.746. The molecule has 5 heteroatoms. The SMILES string of the molecule is CCOc1ccc(-c2cc(C(=O)NCCCN(CC)c3ccccc3)c3ccccc3n2)cc1. The second-order valence-corrected chi connectivity index (χ2v) is 8.05. The highest BCUT2D eigenvalue weighted by molar-refractivity contribution is 6.07. The molecule has 0 aliphatic rings. The van der Waals surface area contributed by atoms with E-state index >= 15 is 0 Å². The van der Waals surface area contributed by atoms with Crippen molar-refractivity contribution in [3.63, 3.8) is 0 Å². The number of nitrogens with zero attached hydrogens (tertiary/aromatic N) is 2. The minimum atomic E-state index is -0.0754. The molecular weight excluding hydrogens is 422 g/mol. The maximum absolute atomic E-state index is 13.2. The van der Waals surface area contributed by atoms with Gasteiger partial charge in [-0.3, -0.25) is 4.79 Å². The summed E-state index contributed by atoms with van der Waals surface area (Å²) in [7, 11) is 0. The molecule has 0 saturated carbocycles. The Morgan fingerprint density at radius 2 is 1.68 bits per heavy atom. The van der Waals surface area contributed by atoms with Crippen LogP contribution in [0.4, 0.5) is 5.69 Å². The lowest BCUT2D eigenvalue weighted by molar-refractivity contribution is 0.0955. The van der Waals surface area contributed by atoms with Crippen molar-refractivity contribution < 1.29 is 9.53 Å². The first-order chi connectivity index (χ1) is 16.7. The number of aromatic nitrogens is 1. The molecule has 3 aromatic carbocycles. The Bertz CT molecular complexity index is 1220. The highest BCUT2D eigenvalue weighted by Gasteiger charge is 2.14. The first kappa shape index (κ1) is 23.3. The summed E-state index contributed by atoms with van der Waals surface area (Å²) in [4.78, 5) is 20.3. The number of para-hydroxylation sites is 2. The van der Waals surface area contributed by atoms with Crippen molar-refractivity contribution in [1.29, 1.82) is 0 Å². The van der Waals surface area contributed by atoms with Crippen LogP contribution in [0.2, 0.25) is 0 Å². The van der Waals surface area contributed by atoms with Crippen LogP contribution in [0.5, 0.6) is 5.75 Å². The Kier molecular flexibility index (Phi) is 7.76. The van der Waals surface area contributed by atoms with Crippen LogP contribution >= 0.6 is 0 Å². The molecule has 0 unspecified atom stereocenters. The smallest absolute Gasteiger partial charge is 0.252 e. The van der Waals surface area contributed by atoms with Crippen molar-refractivity contribution in [2.75, 3.05) is 31.1 Å². The summed E-state index contributed by atoms with van der Waals surface area (Å²) < 4.78 is 5.55. The van der Waals surface area contributed by atoms with Crippen molar-refractivity contribution in [1.82, 2.24) is 10.3 Å². The zero-order valence-electron chi connectivity index (χ0n) is 19.8. The number of benzene rings is 3. The topological polar surface area (TPSA) is 54.5 Å². The molecule has 4 rings (SSSR count). The third kappa shape index (κ3) is 5.54. The molecule has 0 saturated heterocycles. The first-order valence-corrected chi connectivity index (χ1v) is 11.9. The number of fused-ring (bicyclic) bond motifs is 1. The molecule has 34 heavy (non-hydrogen) atoms. The Morgan fingerprint density at radius 3 is 2.41 bits per heavy atom. The van der Waals surface area contributed by atoms with Gasteiger partial charge in [0.05, 0.1) is 23.4 Å². The van der Waals surface area contributed by atoms with Crippen LogP contribution in [0.25, 0.3) is 22.2 Å². The molecule has 174 valence electrons. The lowest BCUT2D eigenvalue weighted by Gasteiger charge is -2.23. The van der Waals surface area contributed by atoms with Gasteiger partial charge in [0.2, 0.25) is 0 Å². The second kappa shape index (κ2) is 11.3. The summed E-state index contributed by atoms with van der Waals surface area (Å²) in [6.45, 7) is 7.16. The van der Waals surface area contributed by atoms with Gasteiger partial charge in [0.1, 0.15) is 5.75 Å². The Balaban J connectivity index is 1.48. The summed E-state index contributed by atoms with van der Waals surface area (Å²) in [6, 6.07) is 27.9. The van der Waals surface area contributed by atoms with Crippen LogP contribution in [-0.4, -0.2) is 37.1 Å². The molecule has 0 radical (unpaired) electrons. The molecular formula is C29H31N3O2. The van der Waals surface area contributed by atoms with Gasteiger partial charge >= 0.3 is 0 Å². The number of carbonyl (C=O) groups is 1. The van der Waals surface area contributed by atoms with E-state index in [0.29, 0.717) is 18.7 Å². The molecule has 0 atom stereocenters. The number of amides is 1. The predicted octanol–water partition coefficient (Wildman–Crippen LogP) is 5.95. The second-order valence-electron chi connectivity index (χ2n) is 8.05. The molecule has 0 fully saturated rings. The number of anilines is 1. The van der Waals surface area contributed by atoms with Crippen molar-refractivity contribution in [3.8, 4) is 17.0 Å². The van der Waals surface area contributed by atoms with E-state index in [2.05, 4.69) is 41.4 Å². The number of pyridine rings is 1. The van der Waals surface area contributed by atoms with E-state index in [1.54, 1.807) is 0 Å². The zero-order chi connectivity index (χ0) is 23.8. The molecule has 1 heterocycles. The highest BCUT2D eigenvalue weighted by atomic mass is 16.5. The van der Waals surface area contributed by atoms with Gasteiger partial charge < -0.3 is 15.0 Å². The van der Waals surface area contributed by atoms with Gasteiger partial charge in [-0.05, 0) is 68.8 Å². The van der Waals surface area contributed by atoms with E-state index < -0.39 is 0 Å². The minimum Gasteiger partial charge on any atom is -0.494 e. The van der Waals surface area contributed by atoms with Gasteiger partial charge in [0, 0.05) is 36.3 Å². The Morgan fingerprint density at radius 1 is 0.941 bits per heavy atom. The number of hydrogen-bond donors (Lipinski definition) is 1. The standard InChI is InChI=1S/C29H31N3O2/c1-3-32(23-11-6-5-7-12-23)20-10-19-30-29(33)26-21-28(31-27-14-9-8-13-25(26)27)22-15-17-24(18-16-22)34-4-2/h5-9,11-18,21H,3-4,10,19-20H2,1-2H3,(H,30,33). The fraction of sp³-hybridized carbons (Fsp3) is 0.241. The predicted molar refractivity (Wildman–Crippen MR) is 140 cm³/mol. The molecule has 4 aromatic rings. The van der Waals surface area contributed by atoms with E-state index in [9.17, 15) is 4.79 Å². The summed E-state index contributed by atoms with van der Waals surface area (Å²) in [6.07, 6.45) is 0.864. The van der Waals surface area contributed by atoms with Crippen LogP contribution in [0.1, 0.15) is 30.6 Å². The third-order valence-corrected chi connectivity index (χ3v) is 5.82. The number of hydrogen-bond acceptors (Lipinski definition) is 4. The molecule has 5 nitrogen and oxygen atoms in total. The van der Waals surface area contributed by atoms with Crippen LogP contribution in [0, 0.1) is 0 Å². The van der Waals surface area contributed by atoms with Crippen LogP contribution in [0.3, 0.4) is 0 Å².